The minimum absolute atomic E-state index is 0.0777. The number of benzene rings is 1. The summed E-state index contributed by atoms with van der Waals surface area (Å²) in [6.45, 7) is 0.278. The second-order valence-corrected chi connectivity index (χ2v) is 6.96. The normalized spacial score (nSPS) is 13.1. The molecule has 0 radical (unpaired) electrons. The van der Waals surface area contributed by atoms with Gasteiger partial charge in [0.1, 0.15) is 24.2 Å². The number of aromatic nitrogens is 2. The van der Waals surface area contributed by atoms with E-state index in [2.05, 4.69) is 20.8 Å². The Morgan fingerprint density at radius 2 is 2.03 bits per heavy atom. The largest absolute Gasteiger partial charge is 0.497 e. The van der Waals surface area contributed by atoms with E-state index in [4.69, 9.17) is 14.4 Å². The number of carbonyl (C=O) groups is 2. The molecule has 0 aliphatic carbocycles. The van der Waals surface area contributed by atoms with Crippen molar-refractivity contribution in [1.29, 1.82) is 0 Å². The number of pyridine rings is 1. The molecule has 32 heavy (non-hydrogen) atoms. The third-order valence-corrected chi connectivity index (χ3v) is 4.89. The molecular weight excluding hydrogens is 414 g/mol. The van der Waals surface area contributed by atoms with Crippen LogP contribution in [0.5, 0.6) is 5.75 Å². The predicted octanol–water partition coefficient (Wildman–Crippen LogP) is 1.34. The second kappa shape index (κ2) is 10.5. The lowest BCUT2D eigenvalue weighted by molar-refractivity contribution is -0.124. The molecule has 0 saturated carbocycles. The van der Waals surface area contributed by atoms with Crippen molar-refractivity contribution in [2.24, 2.45) is 0 Å². The van der Waals surface area contributed by atoms with Gasteiger partial charge < -0.3 is 29.9 Å². The summed E-state index contributed by atoms with van der Waals surface area (Å²) < 4.78 is 10.2. The fraction of sp³-hybridized carbons (Fsp3) is 0.273. The lowest BCUT2D eigenvalue weighted by Gasteiger charge is -2.11. The van der Waals surface area contributed by atoms with Crippen molar-refractivity contribution in [3.05, 3.63) is 65.7 Å². The Labute approximate surface area is 185 Å². The van der Waals surface area contributed by atoms with E-state index in [-0.39, 0.29) is 11.8 Å². The smallest absolute Gasteiger partial charge is 0.254 e. The molecule has 1 atom stereocenters. The first-order valence-electron chi connectivity index (χ1n) is 9.83. The number of likely N-dealkylation sites (N-methyl/N-ethyl adjacent to an activating group) is 1. The van der Waals surface area contributed by atoms with Gasteiger partial charge in [-0.2, -0.15) is 0 Å². The molecule has 1 aliphatic rings. The van der Waals surface area contributed by atoms with E-state index in [0.29, 0.717) is 18.0 Å². The maximum Gasteiger partial charge on any atom is 0.254 e. The van der Waals surface area contributed by atoms with Crippen LogP contribution in [0.2, 0.25) is 0 Å². The van der Waals surface area contributed by atoms with Crippen LogP contribution in [-0.2, 0) is 11.3 Å². The van der Waals surface area contributed by atoms with E-state index in [1.54, 1.807) is 62.8 Å². The molecule has 3 heterocycles. The van der Waals surface area contributed by atoms with Gasteiger partial charge in [-0.3, -0.25) is 14.6 Å². The molecule has 1 aliphatic heterocycles. The van der Waals surface area contributed by atoms with E-state index < -0.39 is 12.8 Å². The number of aliphatic hydroxyl groups excluding tert-OH is 1. The van der Waals surface area contributed by atoms with Gasteiger partial charge >= 0.3 is 0 Å². The Kier molecular flexibility index (Phi) is 7.53. The summed E-state index contributed by atoms with van der Waals surface area (Å²) in [6.07, 6.45) is 3.30. The molecule has 0 spiro atoms. The van der Waals surface area contributed by atoms with Gasteiger partial charge in [-0.1, -0.05) is 11.2 Å². The van der Waals surface area contributed by atoms with Crippen molar-refractivity contribution in [3.8, 4) is 17.0 Å². The molecule has 10 heteroatoms. The Bertz CT molecular complexity index is 1070. The summed E-state index contributed by atoms with van der Waals surface area (Å²) in [4.78, 5) is 28.8. The van der Waals surface area contributed by atoms with Crippen molar-refractivity contribution in [3.63, 3.8) is 0 Å². The number of nitrogens with one attached hydrogen (secondary N) is 2. The highest BCUT2D eigenvalue weighted by molar-refractivity contribution is 5.98. The maximum absolute atomic E-state index is 11.7. The van der Waals surface area contributed by atoms with Crippen LogP contribution in [0.3, 0.4) is 0 Å². The zero-order valence-electron chi connectivity index (χ0n) is 18.0. The monoisotopic (exact) mass is 439 g/mol. The highest BCUT2D eigenvalue weighted by atomic mass is 16.5. The van der Waals surface area contributed by atoms with Crippen LogP contribution < -0.4 is 15.4 Å². The van der Waals surface area contributed by atoms with Crippen molar-refractivity contribution >= 4 is 11.8 Å². The van der Waals surface area contributed by atoms with E-state index >= 15 is 0 Å². The third-order valence-electron chi connectivity index (χ3n) is 4.89. The second-order valence-electron chi connectivity index (χ2n) is 6.96. The molecule has 3 N–H and O–H groups in total. The van der Waals surface area contributed by atoms with E-state index in [9.17, 15) is 9.59 Å². The first kappa shape index (κ1) is 22.9. The molecular formula is C22H25N5O5. The van der Waals surface area contributed by atoms with Gasteiger partial charge in [0.25, 0.3) is 5.91 Å². The number of methoxy groups -OCH3 is 1. The molecule has 10 nitrogen and oxygen atoms in total. The molecule has 0 fully saturated rings. The predicted molar refractivity (Wildman–Crippen MR) is 116 cm³/mol. The van der Waals surface area contributed by atoms with Crippen molar-refractivity contribution in [1.82, 2.24) is 25.7 Å². The molecule has 168 valence electrons. The van der Waals surface area contributed by atoms with Crippen LogP contribution in [0.1, 0.15) is 27.7 Å². The highest BCUT2D eigenvalue weighted by Crippen LogP contribution is 2.25. The van der Waals surface area contributed by atoms with Crippen LogP contribution >= 0.6 is 0 Å². The zero-order valence-corrected chi connectivity index (χ0v) is 18.0. The summed E-state index contributed by atoms with van der Waals surface area (Å²) in [5, 5.41) is 17.7. The number of amides is 2. The van der Waals surface area contributed by atoms with Gasteiger partial charge in [-0.05, 0) is 36.9 Å². The topological polar surface area (TPSA) is 130 Å². The Morgan fingerprint density at radius 3 is 2.69 bits per heavy atom. The summed E-state index contributed by atoms with van der Waals surface area (Å²) in [5.41, 5.74) is 3.31. The third kappa shape index (κ3) is 5.10. The van der Waals surface area contributed by atoms with Gasteiger partial charge in [0.2, 0.25) is 5.91 Å². The average molecular weight is 439 g/mol. The van der Waals surface area contributed by atoms with Crippen LogP contribution in [0.4, 0.5) is 0 Å². The Hall–Kier alpha value is -3.76. The van der Waals surface area contributed by atoms with E-state index in [0.717, 1.165) is 22.4 Å². The minimum Gasteiger partial charge on any atom is -0.497 e. The van der Waals surface area contributed by atoms with Gasteiger partial charge in [0.05, 0.1) is 7.11 Å². The summed E-state index contributed by atoms with van der Waals surface area (Å²) >= 11 is 0. The minimum atomic E-state index is -0.699. The zero-order chi connectivity index (χ0) is 23.1. The van der Waals surface area contributed by atoms with Crippen molar-refractivity contribution in [2.75, 3.05) is 27.9 Å². The quantitative estimate of drug-likeness (QED) is 0.491. The van der Waals surface area contributed by atoms with Gasteiger partial charge in [0.15, 0.2) is 5.76 Å². The number of aliphatic hydroxyl groups is 1. The fourth-order valence-electron chi connectivity index (χ4n) is 3.22. The molecule has 4 rings (SSSR count). The van der Waals surface area contributed by atoms with Crippen LogP contribution in [0.25, 0.3) is 11.3 Å². The molecule has 1 unspecified atom stereocenters. The van der Waals surface area contributed by atoms with Crippen molar-refractivity contribution in [2.45, 2.75) is 12.6 Å². The Morgan fingerprint density at radius 1 is 1.28 bits per heavy atom. The van der Waals surface area contributed by atoms with Gasteiger partial charge in [0, 0.05) is 43.2 Å². The Balaban J connectivity index is 0.000000193. The number of ether oxygens (including phenoxy) is 1. The molecule has 0 bridgehead atoms. The molecule has 2 aromatic heterocycles. The average Bonchev–Trinajstić information content (AvgIpc) is 3.40. The standard InChI is InChI=1S/C12H14N4O3.C10H11NO2/c1-13-11(12(18)15-7-17)10-6-9(16-19-10)8-2-4-14-5-3-8;1-11-6-7-3-4-8(13-2)5-9(7)10(11)12/h2-6,11,13,17H,7H2,1H3,(H,15,18);3-5H,6H2,1-2H3. The molecule has 2 amide bonds. The SMILES string of the molecule is CNC(C(=O)NCO)c1cc(-c2ccncc2)no1.COc1ccc2c(c1)C(=O)N(C)C2. The first-order chi connectivity index (χ1) is 15.5. The number of carbonyl (C=O) groups excluding carboxylic acids is 2. The fourth-order valence-corrected chi connectivity index (χ4v) is 3.22. The lowest BCUT2D eigenvalue weighted by atomic mass is 10.1. The summed E-state index contributed by atoms with van der Waals surface area (Å²) in [5.74, 6) is 0.805. The maximum atomic E-state index is 11.7. The number of hydrogen-bond donors (Lipinski definition) is 3. The molecule has 0 saturated heterocycles. The van der Waals surface area contributed by atoms with E-state index in [1.807, 2.05) is 12.1 Å². The van der Waals surface area contributed by atoms with E-state index in [1.165, 1.54) is 0 Å². The summed E-state index contributed by atoms with van der Waals surface area (Å²) in [6, 6.07) is 10.2. The van der Waals surface area contributed by atoms with Gasteiger partial charge in [-0.25, -0.2) is 0 Å². The van der Waals surface area contributed by atoms with Gasteiger partial charge in [-0.15, -0.1) is 0 Å². The lowest BCUT2D eigenvalue weighted by Crippen LogP contribution is -2.36. The summed E-state index contributed by atoms with van der Waals surface area (Å²) in [7, 11) is 5.02. The first-order valence-corrected chi connectivity index (χ1v) is 9.83. The molecule has 1 aromatic carbocycles. The van der Waals surface area contributed by atoms with Crippen LogP contribution in [0.15, 0.2) is 53.3 Å². The highest BCUT2D eigenvalue weighted by Gasteiger charge is 2.24. The van der Waals surface area contributed by atoms with Crippen molar-refractivity contribution < 1.29 is 24.0 Å². The number of fused-ring (bicyclic) bond motifs is 1. The number of rotatable bonds is 6. The molecule has 3 aromatic rings. The number of nitrogens with zero attached hydrogens (tertiary/aromatic N) is 3. The van der Waals surface area contributed by atoms with Crippen LogP contribution in [-0.4, -0.2) is 59.9 Å². The number of hydrogen-bond acceptors (Lipinski definition) is 8. The van der Waals surface area contributed by atoms with Crippen LogP contribution in [0, 0.1) is 0 Å².